The lowest BCUT2D eigenvalue weighted by atomic mass is 10.2. The Morgan fingerprint density at radius 2 is 1.76 bits per heavy atom. The molecule has 0 aromatic heterocycles. The van der Waals surface area contributed by atoms with E-state index >= 15 is 0 Å². The largest absolute Gasteiger partial charge is 0.489 e. The van der Waals surface area contributed by atoms with Crippen LogP contribution in [0.5, 0.6) is 17.2 Å². The Hall–Kier alpha value is -3.85. The second-order valence-corrected chi connectivity index (χ2v) is 7.94. The molecular formula is C24H20BrN3O5. The minimum atomic E-state index is -0.449. The number of ether oxygens (including phenoxy) is 3. The molecule has 1 aliphatic rings. The standard InChI is InChI=1S/C24H20BrN3O5/c25-19-6-1-17(2-7-19)14-31-20-8-3-16(4-9-20)12-27-28-23(29)13-26-24(30)18-5-10-21-22(11-18)33-15-32-21/h1-12H,13-15H2,(H,26,30)(H,28,29)/b27-12-. The molecule has 1 heterocycles. The summed E-state index contributed by atoms with van der Waals surface area (Å²) in [6.07, 6.45) is 1.51. The Kier molecular flexibility index (Phi) is 7.21. The number of hydrogen-bond acceptors (Lipinski definition) is 6. The molecular weight excluding hydrogens is 490 g/mol. The Labute approximate surface area is 198 Å². The first kappa shape index (κ1) is 22.3. The molecule has 33 heavy (non-hydrogen) atoms. The molecule has 8 nitrogen and oxygen atoms in total. The molecule has 0 atom stereocenters. The van der Waals surface area contributed by atoms with Gasteiger partial charge in [-0.3, -0.25) is 9.59 Å². The fourth-order valence-corrected chi connectivity index (χ4v) is 3.18. The summed E-state index contributed by atoms with van der Waals surface area (Å²) in [5, 5.41) is 6.45. The van der Waals surface area contributed by atoms with Crippen molar-refractivity contribution in [2.24, 2.45) is 5.10 Å². The molecule has 0 spiro atoms. The Bertz CT molecular complexity index is 1160. The van der Waals surface area contributed by atoms with Crippen LogP contribution in [0, 0.1) is 0 Å². The number of hydrogen-bond donors (Lipinski definition) is 2. The van der Waals surface area contributed by atoms with Crippen LogP contribution in [0.2, 0.25) is 0 Å². The lowest BCUT2D eigenvalue weighted by Gasteiger charge is -2.07. The average molecular weight is 510 g/mol. The fourth-order valence-electron chi connectivity index (χ4n) is 2.92. The van der Waals surface area contributed by atoms with Gasteiger partial charge in [-0.15, -0.1) is 0 Å². The third kappa shape index (κ3) is 6.33. The molecule has 2 amide bonds. The minimum absolute atomic E-state index is 0.128. The van der Waals surface area contributed by atoms with Crippen molar-refractivity contribution in [3.05, 3.63) is 87.9 Å². The number of benzene rings is 3. The lowest BCUT2D eigenvalue weighted by Crippen LogP contribution is -2.34. The summed E-state index contributed by atoms with van der Waals surface area (Å²) in [7, 11) is 0. The van der Waals surface area contributed by atoms with Gasteiger partial charge in [-0.2, -0.15) is 5.10 Å². The smallest absolute Gasteiger partial charge is 0.259 e. The maximum absolute atomic E-state index is 12.2. The van der Waals surface area contributed by atoms with Gasteiger partial charge in [-0.25, -0.2) is 5.43 Å². The van der Waals surface area contributed by atoms with Gasteiger partial charge < -0.3 is 19.5 Å². The summed E-state index contributed by atoms with van der Waals surface area (Å²) in [4.78, 5) is 24.1. The Morgan fingerprint density at radius 3 is 2.55 bits per heavy atom. The topological polar surface area (TPSA) is 98.3 Å². The summed E-state index contributed by atoms with van der Waals surface area (Å²) in [6.45, 7) is 0.380. The first-order chi connectivity index (χ1) is 16.1. The van der Waals surface area contributed by atoms with Crippen LogP contribution in [0.15, 0.2) is 76.3 Å². The van der Waals surface area contributed by atoms with Gasteiger partial charge in [0.05, 0.1) is 12.8 Å². The van der Waals surface area contributed by atoms with Gasteiger partial charge in [0.1, 0.15) is 12.4 Å². The maximum Gasteiger partial charge on any atom is 0.259 e. The number of halogens is 1. The van der Waals surface area contributed by atoms with Crippen LogP contribution < -0.4 is 25.0 Å². The van der Waals surface area contributed by atoms with Gasteiger partial charge in [0.2, 0.25) is 6.79 Å². The summed E-state index contributed by atoms with van der Waals surface area (Å²) < 4.78 is 17.2. The van der Waals surface area contributed by atoms with Crippen molar-refractivity contribution in [2.45, 2.75) is 6.61 Å². The third-order valence-electron chi connectivity index (χ3n) is 4.65. The van der Waals surface area contributed by atoms with Gasteiger partial charge in [0.15, 0.2) is 11.5 Å². The molecule has 0 aliphatic carbocycles. The van der Waals surface area contributed by atoms with Gasteiger partial charge in [-0.05, 0) is 65.7 Å². The van der Waals surface area contributed by atoms with Crippen molar-refractivity contribution in [2.75, 3.05) is 13.3 Å². The highest BCUT2D eigenvalue weighted by molar-refractivity contribution is 9.10. The van der Waals surface area contributed by atoms with Crippen LogP contribution in [-0.4, -0.2) is 31.4 Å². The van der Waals surface area contributed by atoms with E-state index in [9.17, 15) is 9.59 Å². The first-order valence-electron chi connectivity index (χ1n) is 10.0. The first-order valence-corrected chi connectivity index (χ1v) is 10.8. The molecule has 9 heteroatoms. The summed E-state index contributed by atoms with van der Waals surface area (Å²) in [6, 6.07) is 20.1. The fraction of sp³-hybridized carbons (Fsp3) is 0.125. The van der Waals surface area contributed by atoms with Crippen molar-refractivity contribution in [3.63, 3.8) is 0 Å². The van der Waals surface area contributed by atoms with Crippen molar-refractivity contribution in [3.8, 4) is 17.2 Å². The number of rotatable bonds is 8. The number of amides is 2. The van der Waals surface area contributed by atoms with E-state index in [0.29, 0.717) is 23.7 Å². The highest BCUT2D eigenvalue weighted by Gasteiger charge is 2.16. The van der Waals surface area contributed by atoms with E-state index < -0.39 is 11.8 Å². The van der Waals surface area contributed by atoms with E-state index in [1.165, 1.54) is 6.21 Å². The van der Waals surface area contributed by atoms with E-state index in [2.05, 4.69) is 31.8 Å². The molecule has 0 radical (unpaired) electrons. The number of fused-ring (bicyclic) bond motifs is 1. The van der Waals surface area contributed by atoms with Crippen LogP contribution in [0.3, 0.4) is 0 Å². The van der Waals surface area contributed by atoms with Gasteiger partial charge in [-0.1, -0.05) is 28.1 Å². The van der Waals surface area contributed by atoms with Crippen molar-refractivity contribution >= 4 is 34.0 Å². The second-order valence-electron chi connectivity index (χ2n) is 7.03. The number of carbonyl (C=O) groups is 2. The van der Waals surface area contributed by atoms with Crippen molar-refractivity contribution in [1.29, 1.82) is 0 Å². The highest BCUT2D eigenvalue weighted by atomic mass is 79.9. The summed E-state index contributed by atoms with van der Waals surface area (Å²) in [5.41, 5.74) is 4.61. The zero-order chi connectivity index (χ0) is 23.0. The van der Waals surface area contributed by atoms with Gasteiger partial charge >= 0.3 is 0 Å². The predicted molar refractivity (Wildman–Crippen MR) is 126 cm³/mol. The normalized spacial score (nSPS) is 11.9. The third-order valence-corrected chi connectivity index (χ3v) is 5.17. The zero-order valence-corrected chi connectivity index (χ0v) is 19.0. The predicted octanol–water partition coefficient (Wildman–Crippen LogP) is 3.64. The monoisotopic (exact) mass is 509 g/mol. The second kappa shape index (κ2) is 10.6. The van der Waals surface area contributed by atoms with E-state index in [4.69, 9.17) is 14.2 Å². The molecule has 3 aromatic carbocycles. The lowest BCUT2D eigenvalue weighted by molar-refractivity contribution is -0.120. The van der Waals surface area contributed by atoms with Crippen LogP contribution in [0.1, 0.15) is 21.5 Å². The summed E-state index contributed by atoms with van der Waals surface area (Å²) >= 11 is 3.41. The molecule has 0 saturated heterocycles. The average Bonchev–Trinajstić information content (AvgIpc) is 3.31. The number of carbonyl (C=O) groups excluding carboxylic acids is 2. The van der Waals surface area contributed by atoms with Crippen LogP contribution >= 0.6 is 15.9 Å². The number of nitrogens with zero attached hydrogens (tertiary/aromatic N) is 1. The van der Waals surface area contributed by atoms with Gasteiger partial charge in [0, 0.05) is 10.0 Å². The molecule has 0 saturated carbocycles. The summed E-state index contributed by atoms with van der Waals surface area (Å²) in [5.74, 6) is 0.968. The molecule has 168 valence electrons. The van der Waals surface area contributed by atoms with E-state index in [0.717, 1.165) is 21.3 Å². The van der Waals surface area contributed by atoms with E-state index in [1.54, 1.807) is 18.2 Å². The molecule has 0 fully saturated rings. The maximum atomic E-state index is 12.2. The van der Waals surface area contributed by atoms with Crippen LogP contribution in [0.25, 0.3) is 0 Å². The SMILES string of the molecule is O=C(CNC(=O)c1ccc2c(c1)OCO2)N/N=C\c1ccc(OCc2ccc(Br)cc2)cc1. The molecule has 0 bridgehead atoms. The molecule has 2 N–H and O–H groups in total. The molecule has 4 rings (SSSR count). The number of hydrazone groups is 1. The number of nitrogens with one attached hydrogen (secondary N) is 2. The molecule has 3 aromatic rings. The highest BCUT2D eigenvalue weighted by Crippen LogP contribution is 2.32. The van der Waals surface area contributed by atoms with Crippen LogP contribution in [-0.2, 0) is 11.4 Å². The molecule has 0 unspecified atom stereocenters. The van der Waals surface area contributed by atoms with Crippen molar-refractivity contribution in [1.82, 2.24) is 10.7 Å². The van der Waals surface area contributed by atoms with Crippen molar-refractivity contribution < 1.29 is 23.8 Å². The minimum Gasteiger partial charge on any atom is -0.489 e. The Balaban J connectivity index is 1.19. The molecule has 1 aliphatic heterocycles. The van der Waals surface area contributed by atoms with E-state index in [-0.39, 0.29) is 13.3 Å². The zero-order valence-electron chi connectivity index (χ0n) is 17.4. The van der Waals surface area contributed by atoms with E-state index in [1.807, 2.05) is 48.5 Å². The Morgan fingerprint density at radius 1 is 1.00 bits per heavy atom. The quantitative estimate of drug-likeness (QED) is 0.356. The van der Waals surface area contributed by atoms with Gasteiger partial charge in [0.25, 0.3) is 11.8 Å². The van der Waals surface area contributed by atoms with Crippen LogP contribution in [0.4, 0.5) is 0 Å².